The van der Waals surface area contributed by atoms with Gasteiger partial charge in [-0.3, -0.25) is 4.99 Å². The maximum atomic E-state index is 5.80. The topological polar surface area (TPSA) is 54.9 Å². The van der Waals surface area contributed by atoms with Crippen molar-refractivity contribution in [2.75, 3.05) is 33.4 Å². The van der Waals surface area contributed by atoms with Crippen LogP contribution in [0.5, 0.6) is 11.5 Å². The van der Waals surface area contributed by atoms with Crippen LogP contribution in [0.1, 0.15) is 13.3 Å². The fourth-order valence-corrected chi connectivity index (χ4v) is 1.95. The first kappa shape index (κ1) is 14.5. The summed E-state index contributed by atoms with van der Waals surface area (Å²) in [6, 6.07) is 7.70. The highest BCUT2D eigenvalue weighted by atomic mass is 16.5. The maximum absolute atomic E-state index is 5.80. The predicted octanol–water partition coefficient (Wildman–Crippen LogP) is 1.65. The Kier molecular flexibility index (Phi) is 5.53. The van der Waals surface area contributed by atoms with E-state index in [1.165, 1.54) is 0 Å². The molecule has 2 N–H and O–H groups in total. The van der Waals surface area contributed by atoms with Gasteiger partial charge in [-0.2, -0.15) is 0 Å². The van der Waals surface area contributed by atoms with Crippen LogP contribution in [-0.2, 0) is 0 Å². The number of ether oxygens (including phenoxy) is 2. The van der Waals surface area contributed by atoms with Crippen molar-refractivity contribution in [1.82, 2.24) is 10.6 Å². The molecule has 110 valence electrons. The molecule has 1 aliphatic rings. The minimum Gasteiger partial charge on any atom is -0.493 e. The number of nitrogens with one attached hydrogen (secondary N) is 2. The fourth-order valence-electron chi connectivity index (χ4n) is 1.95. The van der Waals surface area contributed by atoms with Crippen molar-refractivity contribution in [3.05, 3.63) is 24.3 Å². The van der Waals surface area contributed by atoms with E-state index < -0.39 is 0 Å². The summed E-state index contributed by atoms with van der Waals surface area (Å²) < 4.78 is 11.1. The Labute approximate surface area is 120 Å². The van der Waals surface area contributed by atoms with Gasteiger partial charge in [0.2, 0.25) is 0 Å². The Morgan fingerprint density at radius 1 is 1.35 bits per heavy atom. The van der Waals surface area contributed by atoms with Crippen LogP contribution in [0.2, 0.25) is 0 Å². The summed E-state index contributed by atoms with van der Waals surface area (Å²) in [4.78, 5) is 4.38. The summed E-state index contributed by atoms with van der Waals surface area (Å²) in [5, 5.41) is 6.56. The number of hydrogen-bond donors (Lipinski definition) is 2. The van der Waals surface area contributed by atoms with E-state index in [-0.39, 0.29) is 0 Å². The van der Waals surface area contributed by atoms with Crippen LogP contribution < -0.4 is 20.1 Å². The number of rotatable bonds is 6. The molecule has 0 aliphatic carbocycles. The lowest BCUT2D eigenvalue weighted by Crippen LogP contribution is -2.42. The Morgan fingerprint density at radius 3 is 2.85 bits per heavy atom. The second-order valence-corrected chi connectivity index (χ2v) is 4.96. The van der Waals surface area contributed by atoms with Crippen LogP contribution in [0.15, 0.2) is 29.3 Å². The van der Waals surface area contributed by atoms with Crippen molar-refractivity contribution in [2.24, 2.45) is 10.9 Å². The lowest BCUT2D eigenvalue weighted by atomic mass is 10.2. The summed E-state index contributed by atoms with van der Waals surface area (Å²) in [7, 11) is 1.65. The lowest BCUT2D eigenvalue weighted by molar-refractivity contribution is 0.247. The quantitative estimate of drug-likeness (QED) is 0.830. The molecule has 0 fully saturated rings. The van der Waals surface area contributed by atoms with Crippen molar-refractivity contribution >= 4 is 5.96 Å². The molecular formula is C15H23N3O2. The molecule has 20 heavy (non-hydrogen) atoms. The fraction of sp³-hybridized carbons (Fsp3) is 0.533. The third-order valence-corrected chi connectivity index (χ3v) is 3.11. The van der Waals surface area contributed by atoms with E-state index in [1.54, 1.807) is 7.11 Å². The third kappa shape index (κ3) is 4.33. The van der Waals surface area contributed by atoms with Gasteiger partial charge in [-0.25, -0.2) is 0 Å². The van der Waals surface area contributed by atoms with Gasteiger partial charge in [0.05, 0.1) is 13.7 Å². The minimum absolute atomic E-state index is 0.381. The minimum atomic E-state index is 0.381. The third-order valence-electron chi connectivity index (χ3n) is 3.11. The van der Waals surface area contributed by atoms with Crippen LogP contribution in [0.4, 0.5) is 0 Å². The highest BCUT2D eigenvalue weighted by molar-refractivity contribution is 5.80. The zero-order valence-corrected chi connectivity index (χ0v) is 12.2. The molecule has 1 aromatic rings. The molecule has 2 rings (SSSR count). The van der Waals surface area contributed by atoms with Gasteiger partial charge in [0.25, 0.3) is 0 Å². The monoisotopic (exact) mass is 277 g/mol. The number of nitrogens with zero attached hydrogens (tertiary/aromatic N) is 1. The van der Waals surface area contributed by atoms with E-state index in [0.29, 0.717) is 12.5 Å². The van der Waals surface area contributed by atoms with Crippen molar-refractivity contribution in [3.63, 3.8) is 0 Å². The predicted molar refractivity (Wildman–Crippen MR) is 80.6 cm³/mol. The Hall–Kier alpha value is -1.91. The highest BCUT2D eigenvalue weighted by Gasteiger charge is 2.09. The van der Waals surface area contributed by atoms with Crippen molar-refractivity contribution < 1.29 is 9.47 Å². The second-order valence-electron chi connectivity index (χ2n) is 4.96. The average molecular weight is 277 g/mol. The van der Waals surface area contributed by atoms with Gasteiger partial charge >= 0.3 is 0 Å². The number of benzene rings is 1. The van der Waals surface area contributed by atoms with E-state index in [4.69, 9.17) is 9.47 Å². The van der Waals surface area contributed by atoms with Crippen molar-refractivity contribution in [3.8, 4) is 11.5 Å². The molecule has 1 atom stereocenters. The van der Waals surface area contributed by atoms with Gasteiger partial charge in [-0.05, 0) is 18.6 Å². The summed E-state index contributed by atoms with van der Waals surface area (Å²) >= 11 is 0. The molecule has 0 aromatic heterocycles. The number of guanidine groups is 1. The van der Waals surface area contributed by atoms with Crippen LogP contribution in [-0.4, -0.2) is 39.3 Å². The largest absolute Gasteiger partial charge is 0.493 e. The first-order valence-corrected chi connectivity index (χ1v) is 7.07. The highest BCUT2D eigenvalue weighted by Crippen LogP contribution is 2.26. The van der Waals surface area contributed by atoms with Crippen LogP contribution >= 0.6 is 0 Å². The zero-order valence-electron chi connectivity index (χ0n) is 12.2. The molecule has 1 unspecified atom stereocenters. The van der Waals surface area contributed by atoms with E-state index in [1.807, 2.05) is 24.3 Å². The molecule has 0 spiro atoms. The Bertz CT molecular complexity index is 448. The number of aliphatic imine (C=N–C) groups is 1. The summed E-state index contributed by atoms with van der Waals surface area (Å²) in [6.07, 6.45) is 1.11. The number of methoxy groups -OCH3 is 1. The SMILES string of the molecule is COc1ccccc1OCC(C)CNC1=NCCCN1. The molecule has 1 aromatic carbocycles. The molecule has 0 saturated heterocycles. The van der Waals surface area contributed by atoms with E-state index >= 15 is 0 Å². The normalized spacial score (nSPS) is 15.8. The average Bonchev–Trinajstić information content (AvgIpc) is 2.52. The van der Waals surface area contributed by atoms with Gasteiger partial charge in [0.15, 0.2) is 17.5 Å². The van der Waals surface area contributed by atoms with Gasteiger partial charge in [0.1, 0.15) is 0 Å². The van der Waals surface area contributed by atoms with E-state index in [2.05, 4.69) is 22.5 Å². The van der Waals surface area contributed by atoms with Gasteiger partial charge < -0.3 is 20.1 Å². The standard InChI is InChI=1S/C15H23N3O2/c1-12(10-18-15-16-8-5-9-17-15)11-20-14-7-4-3-6-13(14)19-2/h3-4,6-7,12H,5,8-11H2,1-2H3,(H2,16,17,18). The molecule has 0 radical (unpaired) electrons. The van der Waals surface area contributed by atoms with Crippen molar-refractivity contribution in [1.29, 1.82) is 0 Å². The number of hydrogen-bond acceptors (Lipinski definition) is 5. The Balaban J connectivity index is 1.74. The number of para-hydroxylation sites is 2. The molecule has 1 aliphatic heterocycles. The first-order valence-electron chi connectivity index (χ1n) is 7.07. The maximum Gasteiger partial charge on any atom is 0.191 e. The van der Waals surface area contributed by atoms with Crippen LogP contribution in [0, 0.1) is 5.92 Å². The van der Waals surface area contributed by atoms with Crippen molar-refractivity contribution in [2.45, 2.75) is 13.3 Å². The van der Waals surface area contributed by atoms with Gasteiger partial charge in [-0.15, -0.1) is 0 Å². The van der Waals surface area contributed by atoms with E-state index in [9.17, 15) is 0 Å². The van der Waals surface area contributed by atoms with Crippen LogP contribution in [0.25, 0.3) is 0 Å². The van der Waals surface area contributed by atoms with E-state index in [0.717, 1.165) is 43.5 Å². The molecule has 5 nitrogen and oxygen atoms in total. The molecular weight excluding hydrogens is 254 g/mol. The zero-order chi connectivity index (χ0) is 14.2. The molecule has 1 heterocycles. The van der Waals surface area contributed by atoms with Gasteiger partial charge in [0, 0.05) is 25.6 Å². The smallest absolute Gasteiger partial charge is 0.191 e. The summed E-state index contributed by atoms with van der Waals surface area (Å²) in [5.74, 6) is 2.84. The summed E-state index contributed by atoms with van der Waals surface area (Å²) in [6.45, 7) is 5.52. The molecule has 0 amide bonds. The van der Waals surface area contributed by atoms with Crippen LogP contribution in [0.3, 0.4) is 0 Å². The summed E-state index contributed by atoms with van der Waals surface area (Å²) in [5.41, 5.74) is 0. The molecule has 0 bridgehead atoms. The Morgan fingerprint density at radius 2 is 2.15 bits per heavy atom. The van der Waals surface area contributed by atoms with Gasteiger partial charge in [-0.1, -0.05) is 19.1 Å². The molecule has 5 heteroatoms. The second kappa shape index (κ2) is 7.62. The first-order chi connectivity index (χ1) is 9.79. The molecule has 0 saturated carbocycles. The lowest BCUT2D eigenvalue weighted by Gasteiger charge is -2.19.